The van der Waals surface area contributed by atoms with Crippen molar-refractivity contribution in [1.29, 1.82) is 0 Å². The minimum Gasteiger partial charge on any atom is -0.746 e. The Morgan fingerprint density at radius 2 is 1.70 bits per heavy atom. The standard InChI is InChI=1S/C45H51Cl2F2N4O11PS/c1-66(59,60)52-32-17-19-35-34(27-32)39-33(18-20-36(41(39)62-35)63-44(48)49)43(55)51-45(37(46)26-31(29-53-22-10-5-11-23-53)40(42(45)47)64-65(56,57)58)38(54)28-50-21-9-2-3-12-24-61-25-13-8-16-30-14-6-4-7-15-30/h4-7,10-11,14-15,17-20,22-23,26-27,38,42,44,50,52,54H,2-3,8-9,12-13,16,21,24-25,28-29H2,1H3,(H2-,51,55,56,57,58). The topological polar surface area (TPSA) is 213 Å². The summed E-state index contributed by atoms with van der Waals surface area (Å²) in [6.07, 6.45) is 10.1. The molecular formula is C45H51Cl2F2N4O11PS. The number of hydrogen-bond acceptors (Lipinski definition) is 11. The highest BCUT2D eigenvalue weighted by Crippen LogP contribution is 2.47. The predicted molar refractivity (Wildman–Crippen MR) is 245 cm³/mol. The average Bonchev–Trinajstić information content (AvgIpc) is 3.64. The van der Waals surface area contributed by atoms with Gasteiger partial charge in [0.15, 0.2) is 30.3 Å². The first kappa shape index (κ1) is 50.8. The van der Waals surface area contributed by atoms with E-state index in [9.17, 15) is 41.5 Å². The van der Waals surface area contributed by atoms with Crippen molar-refractivity contribution >= 4 is 74.6 Å². The third kappa shape index (κ3) is 13.5. The highest BCUT2D eigenvalue weighted by Gasteiger charge is 2.54. The fourth-order valence-corrected chi connectivity index (χ4v) is 9.77. The highest BCUT2D eigenvalue weighted by atomic mass is 35.5. The van der Waals surface area contributed by atoms with Gasteiger partial charge in [0.25, 0.3) is 5.91 Å². The molecule has 4 atom stereocenters. The normalized spacial score (nSPS) is 18.0. The lowest BCUT2D eigenvalue weighted by atomic mass is 9.80. The molecule has 0 radical (unpaired) electrons. The van der Waals surface area contributed by atoms with Crippen LogP contribution in [0.5, 0.6) is 5.75 Å². The van der Waals surface area contributed by atoms with Gasteiger partial charge in [-0.1, -0.05) is 60.8 Å². The highest BCUT2D eigenvalue weighted by molar-refractivity contribution is 7.92. The van der Waals surface area contributed by atoms with Crippen LogP contribution in [0, 0.1) is 0 Å². The van der Waals surface area contributed by atoms with Crippen LogP contribution in [-0.4, -0.2) is 80.5 Å². The van der Waals surface area contributed by atoms with Crippen molar-refractivity contribution in [1.82, 2.24) is 10.6 Å². The van der Waals surface area contributed by atoms with E-state index in [0.717, 1.165) is 56.9 Å². The lowest BCUT2D eigenvalue weighted by Crippen LogP contribution is -2.66. The number of anilines is 1. The third-order valence-electron chi connectivity index (χ3n) is 10.8. The fraction of sp³-hybridized carbons (Fsp3) is 0.378. The molecule has 1 aliphatic rings. The van der Waals surface area contributed by atoms with Crippen molar-refractivity contribution in [2.24, 2.45) is 0 Å². The monoisotopic (exact) mass is 994 g/mol. The zero-order valence-corrected chi connectivity index (χ0v) is 39.1. The van der Waals surface area contributed by atoms with Crippen LogP contribution in [0.3, 0.4) is 0 Å². The van der Waals surface area contributed by atoms with Crippen LogP contribution >= 0.6 is 31.0 Å². The molecule has 2 heterocycles. The number of amides is 1. The number of unbranched alkanes of at least 4 members (excludes halogenated alkanes) is 4. The number of halogens is 4. The van der Waals surface area contributed by atoms with E-state index in [4.69, 9.17) is 41.6 Å². The summed E-state index contributed by atoms with van der Waals surface area (Å²) in [6.45, 7) is -1.90. The Morgan fingerprint density at radius 1 is 1.00 bits per heavy atom. The molecule has 0 saturated carbocycles. The lowest BCUT2D eigenvalue weighted by Gasteiger charge is -2.45. The first-order valence-corrected chi connectivity index (χ1v) is 25.3. The number of carbonyl (C=O) groups excluding carboxylic acids is 1. The number of fused-ring (bicyclic) bond motifs is 3. The molecule has 0 aliphatic heterocycles. The van der Waals surface area contributed by atoms with E-state index in [-0.39, 0.29) is 56.9 Å². The second-order valence-electron chi connectivity index (χ2n) is 15.7. The fourth-order valence-electron chi connectivity index (χ4n) is 7.71. The van der Waals surface area contributed by atoms with Gasteiger partial charge in [-0.25, -0.2) is 13.0 Å². The lowest BCUT2D eigenvalue weighted by molar-refractivity contribution is -0.688. The van der Waals surface area contributed by atoms with Gasteiger partial charge in [0.1, 0.15) is 22.3 Å². The number of alkyl halides is 3. The van der Waals surface area contributed by atoms with Gasteiger partial charge in [-0.2, -0.15) is 8.78 Å². The number of allylic oxidation sites excluding steroid dienone is 2. The molecular weight excluding hydrogens is 944 g/mol. The molecule has 0 bridgehead atoms. The number of aliphatic hydroxyl groups excluding tert-OH is 1. The number of pyridine rings is 1. The second kappa shape index (κ2) is 22.9. The number of phosphoric acid groups is 1. The summed E-state index contributed by atoms with van der Waals surface area (Å²) in [5.41, 5.74) is -1.34. The first-order chi connectivity index (χ1) is 31.4. The first-order valence-electron chi connectivity index (χ1n) is 21.1. The maximum Gasteiger partial charge on any atom is 0.387 e. The Kier molecular flexibility index (Phi) is 17.6. The Balaban J connectivity index is 1.23. The zero-order valence-electron chi connectivity index (χ0n) is 35.8. The van der Waals surface area contributed by atoms with E-state index >= 15 is 0 Å². The SMILES string of the molecule is CS(=O)(=O)Nc1ccc2oc3c(OC(F)F)ccc(C(=O)NC4(C(O)CNCCCCCCOCCCCc5ccccc5)C(Cl)=CC(C[n+]5ccccc5)=C(OP(=O)([O-])O)C4Cl)c3c2c1. The summed E-state index contributed by atoms with van der Waals surface area (Å²) in [5.74, 6) is -2.02. The number of carbonyl (C=O) groups is 1. The van der Waals surface area contributed by atoms with Gasteiger partial charge in [0.2, 0.25) is 10.0 Å². The number of aryl methyl sites for hydroxylation is 1. The van der Waals surface area contributed by atoms with Gasteiger partial charge in [-0.05, 0) is 80.6 Å². The number of hydrogen-bond donors (Lipinski definition) is 5. The van der Waals surface area contributed by atoms with E-state index in [1.54, 1.807) is 35.2 Å². The second-order valence-corrected chi connectivity index (χ2v) is 19.5. The molecule has 1 aliphatic carbocycles. The van der Waals surface area contributed by atoms with Crippen molar-refractivity contribution in [3.63, 3.8) is 0 Å². The molecule has 15 nitrogen and oxygen atoms in total. The van der Waals surface area contributed by atoms with Crippen LogP contribution in [0.2, 0.25) is 0 Å². The largest absolute Gasteiger partial charge is 0.746 e. The molecule has 21 heteroatoms. The van der Waals surface area contributed by atoms with E-state index in [2.05, 4.69) is 27.5 Å². The maximum absolute atomic E-state index is 14.7. The molecule has 0 saturated heterocycles. The molecule has 0 spiro atoms. The Hall–Kier alpha value is -4.62. The van der Waals surface area contributed by atoms with Gasteiger partial charge in [0.05, 0.1) is 23.5 Å². The van der Waals surface area contributed by atoms with Crippen molar-refractivity contribution in [2.45, 2.75) is 75.1 Å². The number of aliphatic hydroxyl groups is 1. The minimum absolute atomic E-state index is 0.0524. The van der Waals surface area contributed by atoms with Crippen molar-refractivity contribution in [2.75, 3.05) is 37.3 Å². The molecule has 6 rings (SSSR count). The quantitative estimate of drug-likeness (QED) is 0.0173. The van der Waals surface area contributed by atoms with Gasteiger partial charge < -0.3 is 43.9 Å². The number of rotatable bonds is 25. The van der Waals surface area contributed by atoms with Gasteiger partial charge >= 0.3 is 14.4 Å². The number of nitrogens with zero attached hydrogens (tertiary/aromatic N) is 1. The molecule has 3 aromatic carbocycles. The number of aromatic nitrogens is 1. The smallest absolute Gasteiger partial charge is 0.387 e. The average molecular weight is 996 g/mol. The third-order valence-corrected chi connectivity index (χ3v) is 12.8. The summed E-state index contributed by atoms with van der Waals surface area (Å²) in [6, 6.07) is 21.7. The van der Waals surface area contributed by atoms with Gasteiger partial charge in [-0.15, -0.1) is 11.6 Å². The zero-order chi connectivity index (χ0) is 47.5. The van der Waals surface area contributed by atoms with E-state index < -0.39 is 58.9 Å². The molecule has 5 aromatic rings. The van der Waals surface area contributed by atoms with Crippen molar-refractivity contribution in [3.05, 3.63) is 125 Å². The molecule has 2 aromatic heterocycles. The molecule has 1 amide bonds. The Labute approximate surface area is 391 Å². The molecule has 356 valence electrons. The molecule has 66 heavy (non-hydrogen) atoms. The Morgan fingerprint density at radius 3 is 2.39 bits per heavy atom. The molecule has 4 unspecified atom stereocenters. The van der Waals surface area contributed by atoms with E-state index in [1.165, 1.54) is 29.8 Å². The summed E-state index contributed by atoms with van der Waals surface area (Å²) < 4.78 is 89.3. The number of phosphoric ester groups is 1. The minimum atomic E-state index is -5.59. The maximum atomic E-state index is 14.7. The molecule has 0 fully saturated rings. The van der Waals surface area contributed by atoms with E-state index in [1.807, 2.05) is 18.2 Å². The van der Waals surface area contributed by atoms with Gasteiger partial charge in [-0.3, -0.25) is 14.1 Å². The Bertz CT molecular complexity index is 2670. The summed E-state index contributed by atoms with van der Waals surface area (Å²) in [7, 11) is -9.38. The number of benzene rings is 3. The van der Waals surface area contributed by atoms with Crippen LogP contribution in [0.1, 0.15) is 54.4 Å². The van der Waals surface area contributed by atoms with Crippen LogP contribution in [0.15, 0.2) is 118 Å². The number of nitrogens with one attached hydrogen (secondary N) is 3. The summed E-state index contributed by atoms with van der Waals surface area (Å²) in [5, 5.41) is 15.9. The van der Waals surface area contributed by atoms with Crippen molar-refractivity contribution < 1.29 is 64.4 Å². The predicted octanol–water partition coefficient (Wildman–Crippen LogP) is 7.04. The van der Waals surface area contributed by atoms with Crippen LogP contribution in [0.25, 0.3) is 21.9 Å². The number of furan rings is 1. The number of ether oxygens (including phenoxy) is 2. The van der Waals surface area contributed by atoms with Crippen molar-refractivity contribution in [3.8, 4) is 5.75 Å². The van der Waals surface area contributed by atoms with E-state index in [0.29, 0.717) is 26.2 Å². The van der Waals surface area contributed by atoms with Gasteiger partial charge in [0, 0.05) is 53.4 Å². The van der Waals surface area contributed by atoms with Crippen LogP contribution < -0.4 is 29.6 Å². The van der Waals surface area contributed by atoms with Crippen LogP contribution in [0.4, 0.5) is 14.5 Å². The molecule has 5 N–H and O–H groups in total. The van der Waals surface area contributed by atoms with Crippen LogP contribution in [-0.2, 0) is 36.8 Å². The summed E-state index contributed by atoms with van der Waals surface area (Å²) >= 11 is 14.2. The summed E-state index contributed by atoms with van der Waals surface area (Å²) in [4.78, 5) is 37.1. The number of sulfonamides is 1.